The lowest BCUT2D eigenvalue weighted by atomic mass is 9.79. The van der Waals surface area contributed by atoms with E-state index < -0.39 is 0 Å². The van der Waals surface area contributed by atoms with E-state index in [1.807, 2.05) is 0 Å². The number of hydrogen-bond donors (Lipinski definition) is 1. The average Bonchev–Trinajstić information content (AvgIpc) is 2.39. The Morgan fingerprint density at radius 3 is 2.70 bits per heavy atom. The summed E-state index contributed by atoms with van der Waals surface area (Å²) < 4.78 is 5.08. The third-order valence-corrected chi connectivity index (χ3v) is 4.07. The number of aryl methyl sites for hydroxylation is 1. The van der Waals surface area contributed by atoms with E-state index in [-0.39, 0.29) is 5.41 Å². The van der Waals surface area contributed by atoms with Crippen LogP contribution in [0.25, 0.3) is 0 Å². The molecule has 0 aromatic heterocycles. The molecule has 1 aromatic rings. The number of rotatable bonds is 9. The van der Waals surface area contributed by atoms with E-state index in [9.17, 15) is 0 Å². The lowest BCUT2D eigenvalue weighted by Crippen LogP contribution is -2.35. The van der Waals surface area contributed by atoms with Crippen molar-refractivity contribution in [2.24, 2.45) is 5.41 Å². The first-order valence-electron chi connectivity index (χ1n) is 7.45. The van der Waals surface area contributed by atoms with Crippen LogP contribution in [0, 0.1) is 12.3 Å². The standard InChI is InChI=1S/C17H28ClNO/c1-5-8-17(3,13-19-9-10-20-4)12-15-7-6-14(2)11-16(15)18/h6-7,11,19H,5,8-10,12-13H2,1-4H3. The molecule has 1 atom stereocenters. The van der Waals surface area contributed by atoms with E-state index in [0.29, 0.717) is 0 Å². The van der Waals surface area contributed by atoms with Gasteiger partial charge in [0.05, 0.1) is 6.61 Å². The summed E-state index contributed by atoms with van der Waals surface area (Å²) in [7, 11) is 1.74. The third kappa shape index (κ3) is 5.82. The Hall–Kier alpha value is -0.570. The fraction of sp³-hybridized carbons (Fsp3) is 0.647. The maximum absolute atomic E-state index is 6.38. The molecule has 0 bridgehead atoms. The molecule has 0 aliphatic rings. The van der Waals surface area contributed by atoms with Gasteiger partial charge in [0.1, 0.15) is 0 Å². The topological polar surface area (TPSA) is 21.3 Å². The minimum atomic E-state index is 0.237. The Balaban J connectivity index is 2.69. The molecule has 1 unspecified atom stereocenters. The van der Waals surface area contributed by atoms with Gasteiger partial charge in [-0.15, -0.1) is 0 Å². The SMILES string of the molecule is CCCC(C)(CNCCOC)Cc1ccc(C)cc1Cl. The fourth-order valence-electron chi connectivity index (χ4n) is 2.66. The van der Waals surface area contributed by atoms with E-state index in [4.69, 9.17) is 16.3 Å². The summed E-state index contributed by atoms with van der Waals surface area (Å²) in [5, 5.41) is 4.39. The van der Waals surface area contributed by atoms with Gasteiger partial charge in [-0.05, 0) is 42.4 Å². The molecule has 3 heteroatoms. The molecule has 0 heterocycles. The first-order valence-corrected chi connectivity index (χ1v) is 7.83. The van der Waals surface area contributed by atoms with Crippen LogP contribution < -0.4 is 5.32 Å². The average molecular weight is 298 g/mol. The first kappa shape index (κ1) is 17.5. The van der Waals surface area contributed by atoms with Gasteiger partial charge in [0.15, 0.2) is 0 Å². The zero-order valence-electron chi connectivity index (χ0n) is 13.3. The molecule has 0 aliphatic heterocycles. The number of hydrogen-bond acceptors (Lipinski definition) is 2. The quantitative estimate of drug-likeness (QED) is 0.689. The summed E-state index contributed by atoms with van der Waals surface area (Å²) in [6.07, 6.45) is 3.39. The predicted molar refractivity (Wildman–Crippen MR) is 87.7 cm³/mol. The highest BCUT2D eigenvalue weighted by Gasteiger charge is 2.24. The molecule has 2 nitrogen and oxygen atoms in total. The van der Waals surface area contributed by atoms with Crippen LogP contribution in [0.15, 0.2) is 18.2 Å². The van der Waals surface area contributed by atoms with E-state index in [2.05, 4.69) is 44.3 Å². The molecule has 0 spiro atoms. The molecular formula is C17H28ClNO. The molecular weight excluding hydrogens is 270 g/mol. The molecule has 0 fully saturated rings. The second-order valence-corrected chi connectivity index (χ2v) is 6.41. The van der Waals surface area contributed by atoms with Crippen molar-refractivity contribution >= 4 is 11.6 Å². The normalized spacial score (nSPS) is 14.2. The minimum absolute atomic E-state index is 0.237. The summed E-state index contributed by atoms with van der Waals surface area (Å²) in [5.74, 6) is 0. The Morgan fingerprint density at radius 2 is 2.10 bits per heavy atom. The monoisotopic (exact) mass is 297 g/mol. The lowest BCUT2D eigenvalue weighted by Gasteiger charge is -2.30. The van der Waals surface area contributed by atoms with Crippen LogP contribution in [0.1, 0.15) is 37.8 Å². The minimum Gasteiger partial charge on any atom is -0.383 e. The predicted octanol–water partition coefficient (Wildman–Crippen LogP) is 4.23. The highest BCUT2D eigenvalue weighted by Crippen LogP contribution is 2.31. The highest BCUT2D eigenvalue weighted by molar-refractivity contribution is 6.31. The van der Waals surface area contributed by atoms with Crippen molar-refractivity contribution in [2.75, 3.05) is 26.8 Å². The van der Waals surface area contributed by atoms with Crippen molar-refractivity contribution in [3.63, 3.8) is 0 Å². The molecule has 0 amide bonds. The molecule has 20 heavy (non-hydrogen) atoms. The van der Waals surface area contributed by atoms with Crippen molar-refractivity contribution in [3.8, 4) is 0 Å². The van der Waals surface area contributed by atoms with Crippen LogP contribution in [0.4, 0.5) is 0 Å². The Bertz CT molecular complexity index is 408. The van der Waals surface area contributed by atoms with E-state index in [1.165, 1.54) is 24.0 Å². The molecule has 0 radical (unpaired) electrons. The Labute approximate surface area is 128 Å². The van der Waals surface area contributed by atoms with Crippen molar-refractivity contribution in [1.82, 2.24) is 5.32 Å². The number of halogens is 1. The Morgan fingerprint density at radius 1 is 1.35 bits per heavy atom. The first-order chi connectivity index (χ1) is 9.50. The van der Waals surface area contributed by atoms with Gasteiger partial charge >= 0.3 is 0 Å². The number of nitrogens with one attached hydrogen (secondary N) is 1. The fourth-order valence-corrected chi connectivity index (χ4v) is 2.96. The van der Waals surface area contributed by atoms with Gasteiger partial charge in [0, 0.05) is 25.2 Å². The smallest absolute Gasteiger partial charge is 0.0587 e. The van der Waals surface area contributed by atoms with Crippen LogP contribution in [0.5, 0.6) is 0 Å². The number of ether oxygens (including phenoxy) is 1. The zero-order valence-corrected chi connectivity index (χ0v) is 14.0. The molecule has 1 aromatic carbocycles. The summed E-state index contributed by atoms with van der Waals surface area (Å²) in [5.41, 5.74) is 2.71. The molecule has 1 N–H and O–H groups in total. The maximum Gasteiger partial charge on any atom is 0.0587 e. The molecule has 1 rings (SSSR count). The number of benzene rings is 1. The van der Waals surface area contributed by atoms with Crippen LogP contribution in [0.3, 0.4) is 0 Å². The van der Waals surface area contributed by atoms with E-state index in [1.54, 1.807) is 7.11 Å². The van der Waals surface area contributed by atoms with Crippen molar-refractivity contribution in [3.05, 3.63) is 34.3 Å². The summed E-state index contributed by atoms with van der Waals surface area (Å²) >= 11 is 6.38. The summed E-state index contributed by atoms with van der Waals surface area (Å²) in [4.78, 5) is 0. The van der Waals surface area contributed by atoms with Crippen molar-refractivity contribution in [2.45, 2.75) is 40.0 Å². The largest absolute Gasteiger partial charge is 0.383 e. The van der Waals surface area contributed by atoms with Crippen LogP contribution in [-0.4, -0.2) is 26.8 Å². The van der Waals surface area contributed by atoms with Crippen LogP contribution in [-0.2, 0) is 11.2 Å². The lowest BCUT2D eigenvalue weighted by molar-refractivity contribution is 0.190. The Kier molecular flexibility index (Phi) is 7.57. The second kappa shape index (κ2) is 8.66. The van der Waals surface area contributed by atoms with Gasteiger partial charge in [-0.1, -0.05) is 44.0 Å². The van der Waals surface area contributed by atoms with Crippen LogP contribution in [0.2, 0.25) is 5.02 Å². The number of methoxy groups -OCH3 is 1. The van der Waals surface area contributed by atoms with Gasteiger partial charge in [0.25, 0.3) is 0 Å². The maximum atomic E-state index is 6.38. The summed E-state index contributed by atoms with van der Waals surface area (Å²) in [6.45, 7) is 9.31. The molecule has 0 saturated carbocycles. The molecule has 0 aliphatic carbocycles. The van der Waals surface area contributed by atoms with Gasteiger partial charge in [-0.2, -0.15) is 0 Å². The van der Waals surface area contributed by atoms with Crippen LogP contribution >= 0.6 is 11.6 Å². The van der Waals surface area contributed by atoms with E-state index >= 15 is 0 Å². The van der Waals surface area contributed by atoms with Gasteiger partial charge in [0.2, 0.25) is 0 Å². The molecule has 0 saturated heterocycles. The highest BCUT2D eigenvalue weighted by atomic mass is 35.5. The second-order valence-electron chi connectivity index (χ2n) is 6.00. The van der Waals surface area contributed by atoms with Gasteiger partial charge < -0.3 is 10.1 Å². The third-order valence-electron chi connectivity index (χ3n) is 3.71. The van der Waals surface area contributed by atoms with Crippen molar-refractivity contribution < 1.29 is 4.74 Å². The van der Waals surface area contributed by atoms with E-state index in [0.717, 1.165) is 31.1 Å². The van der Waals surface area contributed by atoms with Gasteiger partial charge in [-0.25, -0.2) is 0 Å². The molecule has 114 valence electrons. The van der Waals surface area contributed by atoms with Crippen molar-refractivity contribution in [1.29, 1.82) is 0 Å². The summed E-state index contributed by atoms with van der Waals surface area (Å²) in [6, 6.07) is 6.37. The zero-order chi connectivity index (χ0) is 15.0. The van der Waals surface area contributed by atoms with Gasteiger partial charge in [-0.3, -0.25) is 0 Å².